The van der Waals surface area contributed by atoms with Crippen molar-refractivity contribution >= 4 is 38.3 Å². The highest BCUT2D eigenvalue weighted by molar-refractivity contribution is 7.89. The Morgan fingerprint density at radius 3 is 2.74 bits per heavy atom. The molecule has 7 nitrogen and oxygen atoms in total. The molecule has 1 aliphatic heterocycles. The number of aromatic nitrogens is 2. The first-order valence-corrected chi connectivity index (χ1v) is 10.1. The van der Waals surface area contributed by atoms with Crippen LogP contribution >= 0.6 is 0 Å². The Bertz CT molecular complexity index is 1190. The first-order chi connectivity index (χ1) is 12.8. The standard InChI is InChI=1S/C19H19N5O2S/c1-11(2)17-16-12(9-21-17)6-7-13-10-22-19(24-18(13)16)23-14-4-3-5-15(8-14)27(20,25)26/h3-8,10-11H,9H2,1-2H3,(H2,20,25,26)(H,22,23,24). The van der Waals surface area contributed by atoms with Gasteiger partial charge in [0.15, 0.2) is 0 Å². The Kier molecular flexibility index (Phi) is 4.16. The van der Waals surface area contributed by atoms with Crippen LogP contribution in [-0.2, 0) is 16.6 Å². The number of nitrogens with one attached hydrogen (secondary N) is 1. The SMILES string of the molecule is CC(C)C1=NCc2ccc3cnc(Nc4cccc(S(N)(=O)=O)c4)nc3c21. The Hall–Kier alpha value is -2.84. The van der Waals surface area contributed by atoms with E-state index in [1.165, 1.54) is 12.1 Å². The van der Waals surface area contributed by atoms with Gasteiger partial charge in [0.2, 0.25) is 16.0 Å². The summed E-state index contributed by atoms with van der Waals surface area (Å²) in [5.41, 5.74) is 4.68. The van der Waals surface area contributed by atoms with Crippen molar-refractivity contribution < 1.29 is 8.42 Å². The summed E-state index contributed by atoms with van der Waals surface area (Å²) in [6.45, 7) is 4.90. The van der Waals surface area contributed by atoms with E-state index in [2.05, 4.69) is 40.2 Å². The summed E-state index contributed by atoms with van der Waals surface area (Å²) in [6, 6.07) is 10.3. The summed E-state index contributed by atoms with van der Waals surface area (Å²) >= 11 is 0. The molecule has 0 saturated carbocycles. The van der Waals surface area contributed by atoms with Gasteiger partial charge in [-0.05, 0) is 29.7 Å². The molecule has 1 aromatic heterocycles. The average Bonchev–Trinajstić information content (AvgIpc) is 3.06. The Labute approximate surface area is 157 Å². The molecule has 0 radical (unpaired) electrons. The van der Waals surface area contributed by atoms with Crippen LogP contribution in [0, 0.1) is 5.92 Å². The highest BCUT2D eigenvalue weighted by Crippen LogP contribution is 2.30. The maximum atomic E-state index is 11.5. The second kappa shape index (κ2) is 6.40. The summed E-state index contributed by atoms with van der Waals surface area (Å²) in [6.07, 6.45) is 1.75. The molecule has 0 spiro atoms. The van der Waals surface area contributed by atoms with Crippen molar-refractivity contribution in [2.75, 3.05) is 5.32 Å². The molecular formula is C19H19N5O2S. The van der Waals surface area contributed by atoms with E-state index in [0.29, 0.717) is 24.1 Å². The lowest BCUT2D eigenvalue weighted by atomic mass is 9.96. The third kappa shape index (κ3) is 3.29. The van der Waals surface area contributed by atoms with Gasteiger partial charge in [0.25, 0.3) is 0 Å². The van der Waals surface area contributed by atoms with Crippen LogP contribution in [-0.4, -0.2) is 24.1 Å². The molecule has 0 saturated heterocycles. The second-order valence-corrected chi connectivity index (χ2v) is 8.35. The number of sulfonamides is 1. The smallest absolute Gasteiger partial charge is 0.238 e. The van der Waals surface area contributed by atoms with Crippen molar-refractivity contribution in [3.05, 3.63) is 53.7 Å². The molecule has 0 bridgehead atoms. The Morgan fingerprint density at radius 2 is 2.00 bits per heavy atom. The number of nitrogens with zero attached hydrogens (tertiary/aromatic N) is 3. The van der Waals surface area contributed by atoms with Crippen LogP contribution in [0.4, 0.5) is 11.6 Å². The molecule has 0 fully saturated rings. The molecule has 0 atom stereocenters. The van der Waals surface area contributed by atoms with Crippen molar-refractivity contribution in [3.8, 4) is 0 Å². The maximum absolute atomic E-state index is 11.5. The van der Waals surface area contributed by atoms with Crippen LogP contribution in [0.5, 0.6) is 0 Å². The van der Waals surface area contributed by atoms with Crippen LogP contribution in [0.1, 0.15) is 25.0 Å². The van der Waals surface area contributed by atoms with Gasteiger partial charge in [-0.15, -0.1) is 0 Å². The molecule has 2 heterocycles. The second-order valence-electron chi connectivity index (χ2n) is 6.79. The zero-order valence-corrected chi connectivity index (χ0v) is 15.8. The van der Waals surface area contributed by atoms with Gasteiger partial charge in [0.1, 0.15) is 0 Å². The van der Waals surface area contributed by atoms with Crippen molar-refractivity contribution in [2.24, 2.45) is 16.0 Å². The fraction of sp³-hybridized carbons (Fsp3) is 0.211. The van der Waals surface area contributed by atoms with Crippen LogP contribution in [0.3, 0.4) is 0 Å². The van der Waals surface area contributed by atoms with Crippen LogP contribution in [0.15, 0.2) is 52.5 Å². The largest absolute Gasteiger partial charge is 0.324 e. The normalized spacial score (nSPS) is 13.7. The summed E-state index contributed by atoms with van der Waals surface area (Å²) in [7, 11) is -3.77. The molecule has 2 aromatic carbocycles. The number of aliphatic imine (C=N–C) groups is 1. The number of anilines is 2. The van der Waals surface area contributed by atoms with Crippen molar-refractivity contribution in [3.63, 3.8) is 0 Å². The number of hydrogen-bond acceptors (Lipinski definition) is 6. The molecule has 3 N–H and O–H groups in total. The number of primary sulfonamides is 1. The molecular weight excluding hydrogens is 362 g/mol. The van der Waals surface area contributed by atoms with E-state index in [4.69, 9.17) is 5.14 Å². The van der Waals surface area contributed by atoms with Gasteiger partial charge in [0, 0.05) is 28.5 Å². The van der Waals surface area contributed by atoms with Gasteiger partial charge in [-0.25, -0.2) is 23.5 Å². The molecule has 0 unspecified atom stereocenters. The third-order valence-corrected chi connectivity index (χ3v) is 5.39. The number of benzene rings is 2. The lowest BCUT2D eigenvalue weighted by molar-refractivity contribution is 0.598. The van der Waals surface area contributed by atoms with Crippen molar-refractivity contribution in [1.82, 2.24) is 9.97 Å². The van der Waals surface area contributed by atoms with Gasteiger partial charge in [-0.3, -0.25) is 4.99 Å². The zero-order valence-electron chi connectivity index (χ0n) is 15.0. The fourth-order valence-electron chi connectivity index (χ4n) is 3.22. The molecule has 27 heavy (non-hydrogen) atoms. The molecule has 138 valence electrons. The molecule has 8 heteroatoms. The van der Waals surface area contributed by atoms with Gasteiger partial charge < -0.3 is 5.32 Å². The third-order valence-electron chi connectivity index (χ3n) is 4.48. The number of fused-ring (bicyclic) bond motifs is 3. The zero-order chi connectivity index (χ0) is 19.2. The van der Waals surface area contributed by atoms with Gasteiger partial charge in [-0.2, -0.15) is 0 Å². The van der Waals surface area contributed by atoms with Crippen molar-refractivity contribution in [1.29, 1.82) is 0 Å². The monoisotopic (exact) mass is 381 g/mol. The average molecular weight is 381 g/mol. The minimum atomic E-state index is -3.77. The highest BCUT2D eigenvalue weighted by Gasteiger charge is 2.22. The van der Waals surface area contributed by atoms with E-state index >= 15 is 0 Å². The van der Waals surface area contributed by atoms with E-state index in [9.17, 15) is 8.42 Å². The molecule has 4 rings (SSSR count). The van der Waals surface area contributed by atoms with Gasteiger partial charge >= 0.3 is 0 Å². The Morgan fingerprint density at radius 1 is 1.19 bits per heavy atom. The summed E-state index contributed by atoms with van der Waals surface area (Å²) in [4.78, 5) is 13.7. The van der Waals surface area contributed by atoms with E-state index in [1.807, 2.05) is 6.07 Å². The highest BCUT2D eigenvalue weighted by atomic mass is 32.2. The van der Waals surface area contributed by atoms with Crippen LogP contribution in [0.2, 0.25) is 0 Å². The summed E-state index contributed by atoms with van der Waals surface area (Å²) < 4.78 is 23.1. The van der Waals surface area contributed by atoms with E-state index in [0.717, 1.165) is 27.7 Å². The topological polar surface area (TPSA) is 110 Å². The summed E-state index contributed by atoms with van der Waals surface area (Å²) in [5, 5.41) is 9.20. The quantitative estimate of drug-likeness (QED) is 0.722. The lowest BCUT2D eigenvalue weighted by Gasteiger charge is -2.12. The van der Waals surface area contributed by atoms with E-state index in [1.54, 1.807) is 18.3 Å². The number of hydrogen-bond donors (Lipinski definition) is 2. The predicted octanol–water partition coefficient (Wildman–Crippen LogP) is 2.98. The van der Waals surface area contributed by atoms with Crippen molar-refractivity contribution in [2.45, 2.75) is 25.3 Å². The first-order valence-electron chi connectivity index (χ1n) is 8.56. The molecule has 0 aliphatic carbocycles. The van der Waals surface area contributed by atoms with Gasteiger partial charge in [-0.1, -0.05) is 32.0 Å². The fourth-order valence-corrected chi connectivity index (χ4v) is 3.78. The van der Waals surface area contributed by atoms with Gasteiger partial charge in [0.05, 0.1) is 17.0 Å². The van der Waals surface area contributed by atoms with E-state index in [-0.39, 0.29) is 4.90 Å². The molecule has 1 aliphatic rings. The molecule has 0 amide bonds. The number of rotatable bonds is 4. The van der Waals surface area contributed by atoms with Crippen LogP contribution in [0.25, 0.3) is 10.9 Å². The predicted molar refractivity (Wildman–Crippen MR) is 106 cm³/mol. The first kappa shape index (κ1) is 17.6. The number of nitrogens with two attached hydrogens (primary N) is 1. The maximum Gasteiger partial charge on any atom is 0.238 e. The summed E-state index contributed by atoms with van der Waals surface area (Å²) in [5.74, 6) is 0.687. The molecule has 3 aromatic rings. The van der Waals surface area contributed by atoms with E-state index < -0.39 is 10.0 Å². The Balaban J connectivity index is 1.77. The minimum Gasteiger partial charge on any atom is -0.324 e. The lowest BCUT2D eigenvalue weighted by Crippen LogP contribution is -2.12. The minimum absolute atomic E-state index is 0.0309. The van der Waals surface area contributed by atoms with Crippen LogP contribution < -0.4 is 10.5 Å².